The molecule has 1 saturated heterocycles. The Labute approximate surface area is 128 Å². The molecule has 0 N–H and O–H groups in total. The summed E-state index contributed by atoms with van der Waals surface area (Å²) in [4.78, 5) is 14.4. The fraction of sp³-hybridized carbons (Fsp3) is 0.278. The minimum absolute atomic E-state index is 0.00792. The molecule has 1 unspecified atom stereocenters. The van der Waals surface area contributed by atoms with E-state index in [-0.39, 0.29) is 30.0 Å². The monoisotopic (exact) mass is 301 g/mol. The van der Waals surface area contributed by atoms with Gasteiger partial charge < -0.3 is 4.90 Å². The summed E-state index contributed by atoms with van der Waals surface area (Å²) in [6, 6.07) is 12.3. The number of hydrogen-bond donors (Lipinski definition) is 0. The quantitative estimate of drug-likeness (QED) is 0.842. The van der Waals surface area contributed by atoms with E-state index in [1.54, 1.807) is 24.3 Å². The topological polar surface area (TPSA) is 20.3 Å². The number of carbonyl (C=O) groups excluding carboxylic acids is 1. The Morgan fingerprint density at radius 2 is 1.59 bits per heavy atom. The van der Waals surface area contributed by atoms with E-state index in [4.69, 9.17) is 0 Å². The average molecular weight is 301 g/mol. The molecule has 0 aromatic heterocycles. The number of likely N-dealkylation sites (tertiary alicyclic amines) is 1. The number of hydrogen-bond acceptors (Lipinski definition) is 1. The largest absolute Gasteiger partial charge is 0.335 e. The summed E-state index contributed by atoms with van der Waals surface area (Å²) in [5.41, 5.74) is 1.77. The van der Waals surface area contributed by atoms with Crippen LogP contribution in [-0.4, -0.2) is 17.4 Å². The van der Waals surface area contributed by atoms with Crippen molar-refractivity contribution >= 4 is 5.91 Å². The van der Waals surface area contributed by atoms with Crippen molar-refractivity contribution in [3.8, 4) is 0 Å². The van der Waals surface area contributed by atoms with Gasteiger partial charge in [-0.25, -0.2) is 8.78 Å². The number of halogens is 2. The molecule has 1 fully saturated rings. The Morgan fingerprint density at radius 3 is 2.23 bits per heavy atom. The molecule has 22 heavy (non-hydrogen) atoms. The lowest BCUT2D eigenvalue weighted by Crippen LogP contribution is -2.31. The summed E-state index contributed by atoms with van der Waals surface area (Å²) in [6.07, 6.45) is 2.09. The van der Waals surface area contributed by atoms with Gasteiger partial charge >= 0.3 is 0 Å². The second-order valence-corrected chi connectivity index (χ2v) is 5.60. The van der Waals surface area contributed by atoms with E-state index in [0.717, 1.165) is 24.0 Å². The molecule has 2 aromatic carbocycles. The first-order valence-electron chi connectivity index (χ1n) is 7.43. The van der Waals surface area contributed by atoms with E-state index < -0.39 is 0 Å². The molecule has 0 bridgehead atoms. The second-order valence-electron chi connectivity index (χ2n) is 5.60. The Kier molecular flexibility index (Phi) is 4.18. The zero-order chi connectivity index (χ0) is 15.5. The molecular weight excluding hydrogens is 284 g/mol. The minimum Gasteiger partial charge on any atom is -0.335 e. The van der Waals surface area contributed by atoms with Gasteiger partial charge in [0.25, 0.3) is 0 Å². The summed E-state index contributed by atoms with van der Waals surface area (Å²) >= 11 is 0. The van der Waals surface area contributed by atoms with Crippen LogP contribution >= 0.6 is 0 Å². The van der Waals surface area contributed by atoms with Gasteiger partial charge in [0.2, 0.25) is 5.91 Å². The van der Waals surface area contributed by atoms with Crippen LogP contribution in [0.4, 0.5) is 8.78 Å². The highest BCUT2D eigenvalue weighted by Gasteiger charge is 2.29. The van der Waals surface area contributed by atoms with Crippen LogP contribution < -0.4 is 0 Å². The lowest BCUT2D eigenvalue weighted by Gasteiger charge is -2.25. The highest BCUT2D eigenvalue weighted by Crippen LogP contribution is 2.32. The number of rotatable bonds is 3. The lowest BCUT2D eigenvalue weighted by atomic mass is 10.0. The van der Waals surface area contributed by atoms with Gasteiger partial charge in [-0.2, -0.15) is 0 Å². The molecule has 2 aromatic rings. The predicted octanol–water partition coefficient (Wildman–Crippen LogP) is 3.87. The van der Waals surface area contributed by atoms with Crippen LogP contribution in [0.25, 0.3) is 0 Å². The van der Waals surface area contributed by atoms with Crippen LogP contribution in [0.5, 0.6) is 0 Å². The average Bonchev–Trinajstić information content (AvgIpc) is 3.00. The minimum atomic E-state index is -0.304. The van der Waals surface area contributed by atoms with Crippen molar-refractivity contribution in [2.75, 3.05) is 6.54 Å². The summed E-state index contributed by atoms with van der Waals surface area (Å²) in [5, 5.41) is 0. The molecule has 2 nitrogen and oxygen atoms in total. The molecule has 1 atom stereocenters. The van der Waals surface area contributed by atoms with Crippen molar-refractivity contribution in [1.29, 1.82) is 0 Å². The Morgan fingerprint density at radius 1 is 1.00 bits per heavy atom. The maximum atomic E-state index is 13.0. The third-order valence-electron chi connectivity index (χ3n) is 4.10. The van der Waals surface area contributed by atoms with Crippen molar-refractivity contribution in [2.24, 2.45) is 0 Å². The van der Waals surface area contributed by atoms with Gasteiger partial charge in [-0.15, -0.1) is 0 Å². The van der Waals surface area contributed by atoms with E-state index in [1.807, 2.05) is 4.90 Å². The Bertz CT molecular complexity index is 652. The normalized spacial score (nSPS) is 17.7. The molecule has 0 radical (unpaired) electrons. The molecule has 0 saturated carbocycles. The van der Waals surface area contributed by atoms with Crippen LogP contribution in [0.2, 0.25) is 0 Å². The van der Waals surface area contributed by atoms with Gasteiger partial charge in [0.05, 0.1) is 12.5 Å². The fourth-order valence-electron chi connectivity index (χ4n) is 2.98. The van der Waals surface area contributed by atoms with Gasteiger partial charge in [-0.3, -0.25) is 4.79 Å². The summed E-state index contributed by atoms with van der Waals surface area (Å²) in [6.45, 7) is 0.710. The van der Waals surface area contributed by atoms with Crippen LogP contribution in [0.15, 0.2) is 48.5 Å². The van der Waals surface area contributed by atoms with E-state index >= 15 is 0 Å². The molecule has 114 valence electrons. The van der Waals surface area contributed by atoms with Gasteiger partial charge in [-0.1, -0.05) is 24.3 Å². The van der Waals surface area contributed by atoms with Crippen LogP contribution in [0.1, 0.15) is 30.0 Å². The Balaban J connectivity index is 1.73. The number of amides is 1. The zero-order valence-corrected chi connectivity index (χ0v) is 12.1. The van der Waals surface area contributed by atoms with Gasteiger partial charge in [-0.05, 0) is 48.2 Å². The highest BCUT2D eigenvalue weighted by molar-refractivity contribution is 5.79. The summed E-state index contributed by atoms with van der Waals surface area (Å²) in [7, 11) is 0. The maximum absolute atomic E-state index is 13.0. The van der Waals surface area contributed by atoms with Crippen LogP contribution in [-0.2, 0) is 11.2 Å². The van der Waals surface area contributed by atoms with Crippen molar-refractivity contribution in [3.63, 3.8) is 0 Å². The fourth-order valence-corrected chi connectivity index (χ4v) is 2.98. The number of nitrogens with zero attached hydrogens (tertiary/aromatic N) is 1. The third-order valence-corrected chi connectivity index (χ3v) is 4.10. The number of benzene rings is 2. The van der Waals surface area contributed by atoms with Crippen molar-refractivity contribution < 1.29 is 13.6 Å². The second kappa shape index (κ2) is 6.26. The molecule has 0 spiro atoms. The van der Waals surface area contributed by atoms with Crippen LogP contribution in [0.3, 0.4) is 0 Å². The van der Waals surface area contributed by atoms with Gasteiger partial charge in [0, 0.05) is 6.54 Å². The van der Waals surface area contributed by atoms with Crippen molar-refractivity contribution in [2.45, 2.75) is 25.3 Å². The predicted molar refractivity (Wildman–Crippen MR) is 80.2 cm³/mol. The SMILES string of the molecule is O=C(Cc1ccc(F)cc1)N1CCCC1c1ccc(F)cc1. The molecular formula is C18H17F2NO. The molecule has 1 aliphatic heterocycles. The maximum Gasteiger partial charge on any atom is 0.227 e. The summed E-state index contributed by atoms with van der Waals surface area (Å²) in [5.74, 6) is -0.550. The van der Waals surface area contributed by atoms with Crippen molar-refractivity contribution in [1.82, 2.24) is 4.90 Å². The van der Waals surface area contributed by atoms with E-state index in [1.165, 1.54) is 24.3 Å². The lowest BCUT2D eigenvalue weighted by molar-refractivity contribution is -0.131. The van der Waals surface area contributed by atoms with E-state index in [0.29, 0.717) is 6.54 Å². The first kappa shape index (κ1) is 14.7. The highest BCUT2D eigenvalue weighted by atomic mass is 19.1. The van der Waals surface area contributed by atoms with E-state index in [9.17, 15) is 13.6 Å². The molecule has 1 aliphatic rings. The molecule has 1 amide bonds. The van der Waals surface area contributed by atoms with Gasteiger partial charge in [0.15, 0.2) is 0 Å². The third kappa shape index (κ3) is 3.16. The molecule has 1 heterocycles. The van der Waals surface area contributed by atoms with E-state index in [2.05, 4.69) is 0 Å². The molecule has 3 rings (SSSR count). The first-order valence-corrected chi connectivity index (χ1v) is 7.43. The molecule has 4 heteroatoms. The van der Waals surface area contributed by atoms with Crippen molar-refractivity contribution in [3.05, 3.63) is 71.3 Å². The standard InChI is InChI=1S/C18H17F2NO/c19-15-7-3-13(4-8-15)12-18(22)21-11-1-2-17(21)14-5-9-16(20)10-6-14/h3-10,17H,1-2,11-12H2. The van der Waals surface area contributed by atoms with Crippen LogP contribution in [0, 0.1) is 11.6 Å². The number of carbonyl (C=O) groups is 1. The smallest absolute Gasteiger partial charge is 0.227 e. The first-order chi connectivity index (χ1) is 10.6. The molecule has 0 aliphatic carbocycles. The Hall–Kier alpha value is -2.23. The summed E-state index contributed by atoms with van der Waals surface area (Å²) < 4.78 is 26.0. The zero-order valence-electron chi connectivity index (χ0n) is 12.1. The van der Waals surface area contributed by atoms with Gasteiger partial charge in [0.1, 0.15) is 11.6 Å².